The second-order valence-corrected chi connectivity index (χ2v) is 3.06. The monoisotopic (exact) mass is 232 g/mol. The topological polar surface area (TPSA) is 49.9 Å². The van der Waals surface area contributed by atoms with Gasteiger partial charge in [-0.05, 0) is 0 Å². The van der Waals surface area contributed by atoms with Crippen molar-refractivity contribution < 1.29 is 14.3 Å². The molecule has 96 valence electrons. The van der Waals surface area contributed by atoms with E-state index in [1.54, 1.807) is 30.9 Å². The Balaban J connectivity index is 0. The van der Waals surface area contributed by atoms with Crippen LogP contribution in [0.5, 0.6) is 0 Å². The van der Waals surface area contributed by atoms with Gasteiger partial charge < -0.3 is 14.5 Å². The first-order valence-corrected chi connectivity index (χ1v) is 5.50. The van der Waals surface area contributed by atoms with Crippen molar-refractivity contribution in [3.63, 3.8) is 0 Å². The van der Waals surface area contributed by atoms with Gasteiger partial charge in [0.25, 0.3) is 0 Å². The predicted molar refractivity (Wildman–Crippen MR) is 64.2 cm³/mol. The van der Waals surface area contributed by atoms with E-state index in [9.17, 15) is 9.59 Å². The van der Waals surface area contributed by atoms with Crippen LogP contribution in [0.2, 0.25) is 0 Å². The SMILES string of the molecule is CC.CC(=O)N1CCN(C=O)CC1.COC. The number of piperazine rings is 1. The first kappa shape index (κ1) is 17.3. The molecule has 1 rings (SSSR count). The summed E-state index contributed by atoms with van der Waals surface area (Å²) in [6.45, 7) is 8.24. The number of ether oxygens (including phenoxy) is 1. The van der Waals surface area contributed by atoms with Crippen LogP contribution < -0.4 is 0 Å². The highest BCUT2D eigenvalue weighted by Crippen LogP contribution is 1.98. The summed E-state index contributed by atoms with van der Waals surface area (Å²) in [5.41, 5.74) is 0. The van der Waals surface area contributed by atoms with E-state index in [1.165, 1.54) is 0 Å². The minimum atomic E-state index is 0.0931. The fourth-order valence-electron chi connectivity index (χ4n) is 1.14. The van der Waals surface area contributed by atoms with Crippen molar-refractivity contribution in [2.24, 2.45) is 0 Å². The number of carbonyl (C=O) groups is 2. The molecule has 1 heterocycles. The molecule has 0 saturated carbocycles. The molecule has 1 saturated heterocycles. The summed E-state index contributed by atoms with van der Waals surface area (Å²) in [4.78, 5) is 24.5. The van der Waals surface area contributed by atoms with E-state index in [-0.39, 0.29) is 5.91 Å². The molecule has 0 N–H and O–H groups in total. The second kappa shape index (κ2) is 12.0. The maximum Gasteiger partial charge on any atom is 0.219 e. The van der Waals surface area contributed by atoms with Crippen molar-refractivity contribution in [1.82, 2.24) is 9.80 Å². The Morgan fingerprint density at radius 3 is 1.75 bits per heavy atom. The van der Waals surface area contributed by atoms with Gasteiger partial charge >= 0.3 is 0 Å². The van der Waals surface area contributed by atoms with E-state index in [1.807, 2.05) is 13.8 Å². The molecule has 0 unspecified atom stereocenters. The molecule has 0 spiro atoms. The van der Waals surface area contributed by atoms with Crippen LogP contribution in [-0.4, -0.2) is 62.5 Å². The largest absolute Gasteiger partial charge is 0.388 e. The molecule has 1 aliphatic rings. The van der Waals surface area contributed by atoms with E-state index >= 15 is 0 Å². The fraction of sp³-hybridized carbons (Fsp3) is 0.818. The highest BCUT2D eigenvalue weighted by atomic mass is 16.4. The zero-order chi connectivity index (χ0) is 13.0. The molecule has 0 radical (unpaired) electrons. The van der Waals surface area contributed by atoms with Crippen molar-refractivity contribution in [2.45, 2.75) is 20.8 Å². The van der Waals surface area contributed by atoms with Crippen LogP contribution in [0.4, 0.5) is 0 Å². The summed E-state index contributed by atoms with van der Waals surface area (Å²) in [6.07, 6.45) is 0.831. The van der Waals surface area contributed by atoms with E-state index in [2.05, 4.69) is 4.74 Å². The molecule has 1 fully saturated rings. The summed E-state index contributed by atoms with van der Waals surface area (Å²) < 4.78 is 4.25. The lowest BCUT2D eigenvalue weighted by atomic mass is 10.3. The number of carbonyl (C=O) groups excluding carboxylic acids is 2. The van der Waals surface area contributed by atoms with Gasteiger partial charge in [0.15, 0.2) is 0 Å². The lowest BCUT2D eigenvalue weighted by molar-refractivity contribution is -0.133. The Kier molecular flexibility index (Phi) is 12.9. The van der Waals surface area contributed by atoms with Crippen LogP contribution in [0, 0.1) is 0 Å². The Hall–Kier alpha value is -1.10. The zero-order valence-corrected chi connectivity index (χ0v) is 11.0. The van der Waals surface area contributed by atoms with Crippen molar-refractivity contribution in [3.8, 4) is 0 Å². The third-order valence-corrected chi connectivity index (χ3v) is 1.91. The lowest BCUT2D eigenvalue weighted by Crippen LogP contribution is -2.47. The molecular formula is C11H24N2O3. The standard InChI is InChI=1S/C7H12N2O2.C2H6O.C2H6/c1-7(11)9-4-2-8(6-10)3-5-9;1-3-2;1-2/h6H,2-5H2,1H3;1-2H3;1-2H3. The Morgan fingerprint density at radius 1 is 1.12 bits per heavy atom. The maximum atomic E-state index is 10.8. The normalized spacial score (nSPS) is 14.1. The van der Waals surface area contributed by atoms with Crippen LogP contribution in [0.15, 0.2) is 0 Å². The van der Waals surface area contributed by atoms with Crippen LogP contribution in [-0.2, 0) is 14.3 Å². The van der Waals surface area contributed by atoms with Crippen LogP contribution >= 0.6 is 0 Å². The van der Waals surface area contributed by atoms with Crippen molar-refractivity contribution in [1.29, 1.82) is 0 Å². The van der Waals surface area contributed by atoms with E-state index in [0.29, 0.717) is 26.2 Å². The molecule has 0 bridgehead atoms. The number of hydrogen-bond acceptors (Lipinski definition) is 3. The fourth-order valence-corrected chi connectivity index (χ4v) is 1.14. The second-order valence-electron chi connectivity index (χ2n) is 3.06. The van der Waals surface area contributed by atoms with E-state index in [4.69, 9.17) is 0 Å². The van der Waals surface area contributed by atoms with Crippen molar-refractivity contribution in [2.75, 3.05) is 40.4 Å². The molecule has 0 aromatic rings. The highest BCUT2D eigenvalue weighted by molar-refractivity contribution is 5.73. The molecule has 16 heavy (non-hydrogen) atoms. The molecule has 1 aliphatic heterocycles. The van der Waals surface area contributed by atoms with Gasteiger partial charge in [-0.1, -0.05) is 13.8 Å². The smallest absolute Gasteiger partial charge is 0.219 e. The Bertz CT molecular complexity index is 178. The maximum absolute atomic E-state index is 10.8. The Morgan fingerprint density at radius 2 is 1.50 bits per heavy atom. The predicted octanol–water partition coefficient (Wildman–Crippen LogP) is 0.596. The van der Waals surface area contributed by atoms with Crippen LogP contribution in [0.25, 0.3) is 0 Å². The van der Waals surface area contributed by atoms with Gasteiger partial charge in [-0.25, -0.2) is 0 Å². The third-order valence-electron chi connectivity index (χ3n) is 1.91. The first-order valence-electron chi connectivity index (χ1n) is 5.50. The number of rotatable bonds is 1. The summed E-state index contributed by atoms with van der Waals surface area (Å²) >= 11 is 0. The molecule has 5 nitrogen and oxygen atoms in total. The quantitative estimate of drug-likeness (QED) is 0.622. The van der Waals surface area contributed by atoms with Crippen LogP contribution in [0.3, 0.4) is 0 Å². The van der Waals surface area contributed by atoms with Gasteiger partial charge in [0.1, 0.15) is 0 Å². The summed E-state index contributed by atoms with van der Waals surface area (Å²) in [5, 5.41) is 0. The third kappa shape index (κ3) is 8.23. The molecule has 0 aromatic heterocycles. The molecule has 0 aliphatic carbocycles. The molecular weight excluding hydrogens is 208 g/mol. The lowest BCUT2D eigenvalue weighted by Gasteiger charge is -2.31. The number of hydrogen-bond donors (Lipinski definition) is 0. The van der Waals surface area contributed by atoms with Crippen molar-refractivity contribution in [3.05, 3.63) is 0 Å². The van der Waals surface area contributed by atoms with Crippen molar-refractivity contribution >= 4 is 12.3 Å². The molecule has 0 atom stereocenters. The minimum Gasteiger partial charge on any atom is -0.388 e. The minimum absolute atomic E-state index is 0.0931. The van der Waals surface area contributed by atoms with Gasteiger partial charge in [0.05, 0.1) is 0 Å². The van der Waals surface area contributed by atoms with E-state index < -0.39 is 0 Å². The van der Waals surface area contributed by atoms with Gasteiger partial charge in [-0.2, -0.15) is 0 Å². The molecule has 0 aromatic carbocycles. The average molecular weight is 232 g/mol. The van der Waals surface area contributed by atoms with Gasteiger partial charge in [0.2, 0.25) is 12.3 Å². The number of methoxy groups -OCH3 is 1. The van der Waals surface area contributed by atoms with Crippen LogP contribution in [0.1, 0.15) is 20.8 Å². The zero-order valence-electron chi connectivity index (χ0n) is 11.0. The first-order chi connectivity index (χ1) is 7.65. The van der Waals surface area contributed by atoms with Gasteiger partial charge in [-0.3, -0.25) is 9.59 Å². The number of nitrogens with zero attached hydrogens (tertiary/aromatic N) is 2. The molecule has 2 amide bonds. The van der Waals surface area contributed by atoms with E-state index in [0.717, 1.165) is 6.41 Å². The Labute approximate surface area is 98.4 Å². The average Bonchev–Trinajstić information content (AvgIpc) is 2.33. The highest BCUT2D eigenvalue weighted by Gasteiger charge is 2.16. The number of amides is 2. The van der Waals surface area contributed by atoms with Gasteiger partial charge in [-0.15, -0.1) is 0 Å². The summed E-state index contributed by atoms with van der Waals surface area (Å²) in [5.74, 6) is 0.0931. The van der Waals surface area contributed by atoms with Gasteiger partial charge in [0, 0.05) is 47.3 Å². The summed E-state index contributed by atoms with van der Waals surface area (Å²) in [7, 11) is 3.25. The summed E-state index contributed by atoms with van der Waals surface area (Å²) in [6, 6.07) is 0. The molecule has 5 heteroatoms.